The van der Waals surface area contributed by atoms with Gasteiger partial charge in [0.1, 0.15) is 0 Å². The third-order valence-electron chi connectivity index (χ3n) is 2.97. The number of hydrogen-bond donors (Lipinski definition) is 1. The van der Waals surface area contributed by atoms with Gasteiger partial charge in [-0.25, -0.2) is 0 Å². The molecule has 0 aliphatic rings. The number of halogens is 1. The molecule has 2 heterocycles. The zero-order chi connectivity index (χ0) is 13.1. The van der Waals surface area contributed by atoms with Crippen LogP contribution in [0.15, 0.2) is 22.1 Å². The van der Waals surface area contributed by atoms with Crippen LogP contribution < -0.4 is 5.32 Å². The van der Waals surface area contributed by atoms with Gasteiger partial charge in [-0.15, -0.1) is 11.3 Å². The summed E-state index contributed by atoms with van der Waals surface area (Å²) in [6.07, 6.45) is 3.16. The lowest BCUT2D eigenvalue weighted by molar-refractivity contribution is 0.576. The second-order valence-corrected chi connectivity index (χ2v) is 7.02. The lowest BCUT2D eigenvalue weighted by atomic mass is 10.1. The molecule has 0 radical (unpaired) electrons. The van der Waals surface area contributed by atoms with E-state index in [1.54, 1.807) is 11.3 Å². The molecular formula is C13H18BrN3S. The summed E-state index contributed by atoms with van der Waals surface area (Å²) >= 11 is 5.29. The average Bonchev–Trinajstić information content (AvgIpc) is 2.85. The molecule has 0 aliphatic carbocycles. The molecule has 2 rings (SSSR count). The van der Waals surface area contributed by atoms with Crippen LogP contribution in [0.1, 0.15) is 29.1 Å². The number of aromatic nitrogens is 2. The second kappa shape index (κ2) is 5.99. The van der Waals surface area contributed by atoms with Crippen molar-refractivity contribution in [3.8, 4) is 0 Å². The molecule has 1 atom stereocenters. The van der Waals surface area contributed by atoms with E-state index in [0.29, 0.717) is 6.04 Å². The summed E-state index contributed by atoms with van der Waals surface area (Å²) in [7, 11) is 1.96. The first-order valence-electron chi connectivity index (χ1n) is 6.04. The molecule has 0 aromatic carbocycles. The van der Waals surface area contributed by atoms with Crippen molar-refractivity contribution in [2.75, 3.05) is 6.54 Å². The highest BCUT2D eigenvalue weighted by molar-refractivity contribution is 9.11. The largest absolute Gasteiger partial charge is 0.310 e. The zero-order valence-electron chi connectivity index (χ0n) is 10.9. The minimum Gasteiger partial charge on any atom is -0.310 e. The third kappa shape index (κ3) is 3.43. The molecule has 0 amide bonds. The lowest BCUT2D eigenvalue weighted by Gasteiger charge is -2.12. The SMILES string of the molecule is Cc1nn(C)cc1C(C)NCCc1ccc(Br)s1. The Morgan fingerprint density at radius 1 is 1.50 bits per heavy atom. The minimum atomic E-state index is 0.349. The van der Waals surface area contributed by atoms with Crippen molar-refractivity contribution in [1.82, 2.24) is 15.1 Å². The molecule has 1 unspecified atom stereocenters. The number of aryl methyl sites for hydroxylation is 2. The first kappa shape index (κ1) is 13.8. The molecular weight excluding hydrogens is 310 g/mol. The van der Waals surface area contributed by atoms with Crippen LogP contribution in [0.2, 0.25) is 0 Å². The molecule has 0 saturated heterocycles. The number of thiophene rings is 1. The highest BCUT2D eigenvalue weighted by atomic mass is 79.9. The predicted octanol–water partition coefficient (Wildman–Crippen LogP) is 3.45. The van der Waals surface area contributed by atoms with Gasteiger partial charge >= 0.3 is 0 Å². The monoisotopic (exact) mass is 327 g/mol. The predicted molar refractivity (Wildman–Crippen MR) is 80.1 cm³/mol. The van der Waals surface area contributed by atoms with Crippen LogP contribution in [0.4, 0.5) is 0 Å². The molecule has 0 spiro atoms. The Hall–Kier alpha value is -0.650. The van der Waals surface area contributed by atoms with Gasteiger partial charge in [0.2, 0.25) is 0 Å². The maximum Gasteiger partial charge on any atom is 0.0701 e. The molecule has 0 bridgehead atoms. The van der Waals surface area contributed by atoms with Crippen molar-refractivity contribution in [2.24, 2.45) is 7.05 Å². The fourth-order valence-electron chi connectivity index (χ4n) is 2.05. The zero-order valence-corrected chi connectivity index (χ0v) is 13.3. The quantitative estimate of drug-likeness (QED) is 0.911. The van der Waals surface area contributed by atoms with E-state index in [2.05, 4.69) is 58.5 Å². The Labute approximate surface area is 120 Å². The summed E-state index contributed by atoms with van der Waals surface area (Å²) < 4.78 is 3.08. The second-order valence-electron chi connectivity index (χ2n) is 4.48. The summed E-state index contributed by atoms with van der Waals surface area (Å²) in [4.78, 5) is 1.41. The van der Waals surface area contributed by atoms with Gasteiger partial charge in [-0.3, -0.25) is 4.68 Å². The van der Waals surface area contributed by atoms with Crippen LogP contribution in [0.5, 0.6) is 0 Å². The van der Waals surface area contributed by atoms with Gasteiger partial charge in [-0.1, -0.05) is 0 Å². The highest BCUT2D eigenvalue weighted by Crippen LogP contribution is 2.22. The summed E-state index contributed by atoms with van der Waals surface area (Å²) in [5, 5.41) is 7.92. The van der Waals surface area contributed by atoms with Gasteiger partial charge in [-0.2, -0.15) is 5.10 Å². The number of nitrogens with zero attached hydrogens (tertiary/aromatic N) is 2. The molecule has 2 aromatic heterocycles. The van der Waals surface area contributed by atoms with E-state index in [9.17, 15) is 0 Å². The first-order chi connectivity index (χ1) is 8.56. The van der Waals surface area contributed by atoms with Crippen molar-refractivity contribution in [3.05, 3.63) is 38.3 Å². The molecule has 2 aromatic rings. The average molecular weight is 328 g/mol. The van der Waals surface area contributed by atoms with E-state index >= 15 is 0 Å². The number of rotatable bonds is 5. The van der Waals surface area contributed by atoms with Crippen molar-refractivity contribution >= 4 is 27.3 Å². The molecule has 98 valence electrons. The smallest absolute Gasteiger partial charge is 0.0701 e. The molecule has 18 heavy (non-hydrogen) atoms. The number of hydrogen-bond acceptors (Lipinski definition) is 3. The summed E-state index contributed by atoms with van der Waals surface area (Å²) in [6.45, 7) is 5.24. The fourth-order valence-corrected chi connectivity index (χ4v) is 3.53. The molecule has 0 aliphatic heterocycles. The van der Waals surface area contributed by atoms with Crippen LogP contribution >= 0.6 is 27.3 Å². The lowest BCUT2D eigenvalue weighted by Crippen LogP contribution is -2.21. The van der Waals surface area contributed by atoms with Crippen molar-refractivity contribution in [3.63, 3.8) is 0 Å². The van der Waals surface area contributed by atoms with Crippen LogP contribution in [-0.2, 0) is 13.5 Å². The van der Waals surface area contributed by atoms with Crippen molar-refractivity contribution in [2.45, 2.75) is 26.3 Å². The van der Waals surface area contributed by atoms with E-state index in [1.807, 2.05) is 11.7 Å². The van der Waals surface area contributed by atoms with E-state index in [4.69, 9.17) is 0 Å². The van der Waals surface area contributed by atoms with Gasteiger partial charge in [0.25, 0.3) is 0 Å². The Balaban J connectivity index is 1.85. The highest BCUT2D eigenvalue weighted by Gasteiger charge is 2.10. The first-order valence-corrected chi connectivity index (χ1v) is 7.65. The Morgan fingerprint density at radius 3 is 2.83 bits per heavy atom. The topological polar surface area (TPSA) is 29.9 Å². The van der Waals surface area contributed by atoms with Gasteiger partial charge < -0.3 is 5.32 Å². The minimum absolute atomic E-state index is 0.349. The van der Waals surface area contributed by atoms with Crippen molar-refractivity contribution < 1.29 is 0 Å². The molecule has 0 fully saturated rings. The van der Waals surface area contributed by atoms with Gasteiger partial charge in [0.05, 0.1) is 9.48 Å². The summed E-state index contributed by atoms with van der Waals surface area (Å²) in [5.41, 5.74) is 2.39. The molecule has 1 N–H and O–H groups in total. The van der Waals surface area contributed by atoms with Gasteiger partial charge in [-0.05, 0) is 48.3 Å². The van der Waals surface area contributed by atoms with Crippen molar-refractivity contribution in [1.29, 1.82) is 0 Å². The summed E-state index contributed by atoms with van der Waals surface area (Å²) in [5.74, 6) is 0. The van der Waals surface area contributed by atoms with Crippen LogP contribution in [-0.4, -0.2) is 16.3 Å². The molecule has 5 heteroatoms. The van der Waals surface area contributed by atoms with E-state index in [-0.39, 0.29) is 0 Å². The van der Waals surface area contributed by atoms with Gasteiger partial charge in [0.15, 0.2) is 0 Å². The van der Waals surface area contributed by atoms with Gasteiger partial charge in [0, 0.05) is 36.3 Å². The Bertz CT molecular complexity index is 518. The maximum atomic E-state index is 4.37. The Kier molecular flexibility index (Phi) is 4.59. The van der Waals surface area contributed by atoms with Crippen LogP contribution in [0.3, 0.4) is 0 Å². The van der Waals surface area contributed by atoms with Crippen LogP contribution in [0, 0.1) is 6.92 Å². The van der Waals surface area contributed by atoms with Crippen LogP contribution in [0.25, 0.3) is 0 Å². The maximum absolute atomic E-state index is 4.37. The standard InChI is InChI=1S/C13H18BrN3S/c1-9(12-8-17(3)16-10(12)2)15-7-6-11-4-5-13(14)18-11/h4-5,8-9,15H,6-7H2,1-3H3. The Morgan fingerprint density at radius 2 is 2.28 bits per heavy atom. The van der Waals surface area contributed by atoms with E-state index in [0.717, 1.165) is 18.7 Å². The fraction of sp³-hybridized carbons (Fsp3) is 0.462. The molecule has 0 saturated carbocycles. The van der Waals surface area contributed by atoms with E-state index < -0.39 is 0 Å². The number of nitrogens with one attached hydrogen (secondary N) is 1. The van der Waals surface area contributed by atoms with E-state index in [1.165, 1.54) is 14.2 Å². The third-order valence-corrected chi connectivity index (χ3v) is 4.65. The molecule has 3 nitrogen and oxygen atoms in total. The summed E-state index contributed by atoms with van der Waals surface area (Å²) in [6, 6.07) is 4.63. The normalized spacial score (nSPS) is 12.9.